The van der Waals surface area contributed by atoms with Gasteiger partial charge in [-0.15, -0.1) is 11.3 Å². The van der Waals surface area contributed by atoms with E-state index in [0.717, 1.165) is 23.4 Å². The van der Waals surface area contributed by atoms with Gasteiger partial charge in [0.05, 0.1) is 5.71 Å². The number of carbonyl (C=O) groups excluding carboxylic acids is 1. The Hall–Kier alpha value is -1.16. The lowest BCUT2D eigenvalue weighted by molar-refractivity contribution is -0.121. The highest BCUT2D eigenvalue weighted by Gasteiger charge is 2.02. The molecule has 1 aromatic rings. The summed E-state index contributed by atoms with van der Waals surface area (Å²) in [6.45, 7) is 4.17. The van der Waals surface area contributed by atoms with Crippen molar-refractivity contribution >= 4 is 23.0 Å². The maximum Gasteiger partial charge on any atom is 0.240 e. The zero-order chi connectivity index (χ0) is 16.0. The van der Waals surface area contributed by atoms with Crippen LogP contribution in [0.4, 0.5) is 0 Å². The Kier molecular flexibility index (Phi) is 10.6. The third kappa shape index (κ3) is 8.98. The number of unbranched alkanes of at least 4 members (excludes halogenated alkanes) is 8. The summed E-state index contributed by atoms with van der Waals surface area (Å²) < 4.78 is 0. The minimum absolute atomic E-state index is 0.0267. The first-order chi connectivity index (χ1) is 10.7. The molecule has 22 heavy (non-hydrogen) atoms. The summed E-state index contributed by atoms with van der Waals surface area (Å²) in [7, 11) is 0. The van der Waals surface area contributed by atoms with Gasteiger partial charge in [-0.2, -0.15) is 5.10 Å². The minimum Gasteiger partial charge on any atom is -0.273 e. The minimum atomic E-state index is 0.0267. The number of thiophene rings is 1. The standard InChI is InChI=1S/C18H30N2OS/c1-3-4-5-6-7-8-9-10-11-14-18(21)20-19-16(2)17-13-12-15-22-17/h12-13,15H,3-11,14H2,1-2H3,(H,20,21)/b19-16+. The van der Waals surface area contributed by atoms with Crippen molar-refractivity contribution in [3.8, 4) is 0 Å². The fourth-order valence-corrected chi connectivity index (χ4v) is 3.01. The number of nitrogens with zero attached hydrogens (tertiary/aromatic N) is 1. The number of rotatable bonds is 12. The average Bonchev–Trinajstić information content (AvgIpc) is 3.05. The van der Waals surface area contributed by atoms with Gasteiger partial charge in [-0.05, 0) is 24.8 Å². The van der Waals surface area contributed by atoms with E-state index in [0.29, 0.717) is 6.42 Å². The lowest BCUT2D eigenvalue weighted by atomic mass is 10.1. The normalized spacial score (nSPS) is 11.6. The second kappa shape index (κ2) is 12.4. The van der Waals surface area contributed by atoms with Crippen LogP contribution in [0, 0.1) is 0 Å². The molecule has 0 spiro atoms. The van der Waals surface area contributed by atoms with Crippen LogP contribution in [0.5, 0.6) is 0 Å². The molecule has 0 saturated carbocycles. The number of hydrazone groups is 1. The Balaban J connectivity index is 1.99. The van der Waals surface area contributed by atoms with Crippen LogP contribution in [-0.2, 0) is 4.79 Å². The summed E-state index contributed by atoms with van der Waals surface area (Å²) in [6.07, 6.45) is 12.0. The quantitative estimate of drug-likeness (QED) is 0.308. The Morgan fingerprint density at radius 3 is 2.32 bits per heavy atom. The zero-order valence-electron chi connectivity index (χ0n) is 14.1. The molecule has 1 N–H and O–H groups in total. The number of amides is 1. The third-order valence-corrected chi connectivity index (χ3v) is 4.71. The molecular formula is C18H30N2OS. The van der Waals surface area contributed by atoms with Gasteiger partial charge in [0.2, 0.25) is 5.91 Å². The van der Waals surface area contributed by atoms with E-state index in [9.17, 15) is 4.79 Å². The third-order valence-electron chi connectivity index (χ3n) is 3.73. The van der Waals surface area contributed by atoms with E-state index in [4.69, 9.17) is 0 Å². The van der Waals surface area contributed by atoms with Crippen molar-refractivity contribution in [1.29, 1.82) is 0 Å². The molecule has 0 atom stereocenters. The molecule has 1 amide bonds. The van der Waals surface area contributed by atoms with E-state index in [1.165, 1.54) is 44.9 Å². The summed E-state index contributed by atoms with van der Waals surface area (Å²) in [5.41, 5.74) is 3.52. The van der Waals surface area contributed by atoms with E-state index in [1.807, 2.05) is 24.4 Å². The van der Waals surface area contributed by atoms with Gasteiger partial charge >= 0.3 is 0 Å². The van der Waals surface area contributed by atoms with Crippen LogP contribution in [-0.4, -0.2) is 11.6 Å². The second-order valence-electron chi connectivity index (χ2n) is 5.79. The number of hydrogen-bond donors (Lipinski definition) is 1. The van der Waals surface area contributed by atoms with Crippen molar-refractivity contribution in [2.45, 2.75) is 78.1 Å². The van der Waals surface area contributed by atoms with Crippen LogP contribution in [0.15, 0.2) is 22.6 Å². The first-order valence-corrected chi connectivity index (χ1v) is 9.49. The maximum absolute atomic E-state index is 11.7. The molecule has 0 radical (unpaired) electrons. The first kappa shape index (κ1) is 18.9. The Bertz CT molecular complexity index is 426. The van der Waals surface area contributed by atoms with Gasteiger partial charge < -0.3 is 0 Å². The fourth-order valence-electron chi connectivity index (χ4n) is 2.34. The van der Waals surface area contributed by atoms with Crippen molar-refractivity contribution in [2.24, 2.45) is 5.10 Å². The predicted molar refractivity (Wildman–Crippen MR) is 96.5 cm³/mol. The maximum atomic E-state index is 11.7. The predicted octanol–water partition coefficient (Wildman–Crippen LogP) is 5.51. The van der Waals surface area contributed by atoms with Crippen LogP contribution in [0.1, 0.15) is 82.9 Å². The highest BCUT2D eigenvalue weighted by molar-refractivity contribution is 7.12. The number of hydrogen-bond acceptors (Lipinski definition) is 3. The Morgan fingerprint density at radius 2 is 1.73 bits per heavy atom. The molecule has 0 bridgehead atoms. The Labute approximate surface area is 139 Å². The summed E-state index contributed by atoms with van der Waals surface area (Å²) in [6, 6.07) is 4.00. The first-order valence-electron chi connectivity index (χ1n) is 8.61. The zero-order valence-corrected chi connectivity index (χ0v) is 14.9. The van der Waals surface area contributed by atoms with E-state index in [1.54, 1.807) is 11.3 Å². The lowest BCUT2D eigenvalue weighted by Crippen LogP contribution is -2.18. The number of nitrogens with one attached hydrogen (secondary N) is 1. The number of carbonyl (C=O) groups is 1. The van der Waals surface area contributed by atoms with E-state index >= 15 is 0 Å². The average molecular weight is 323 g/mol. The van der Waals surface area contributed by atoms with Gasteiger partial charge in [-0.1, -0.05) is 64.4 Å². The summed E-state index contributed by atoms with van der Waals surface area (Å²) in [5.74, 6) is 0.0267. The molecule has 0 aliphatic rings. The lowest BCUT2D eigenvalue weighted by Gasteiger charge is -2.03. The van der Waals surface area contributed by atoms with E-state index < -0.39 is 0 Å². The molecule has 1 heterocycles. The van der Waals surface area contributed by atoms with Gasteiger partial charge in [-0.25, -0.2) is 5.43 Å². The highest BCUT2D eigenvalue weighted by atomic mass is 32.1. The van der Waals surface area contributed by atoms with Gasteiger partial charge in [-0.3, -0.25) is 4.79 Å². The molecule has 0 fully saturated rings. The van der Waals surface area contributed by atoms with Crippen LogP contribution in [0.25, 0.3) is 0 Å². The van der Waals surface area contributed by atoms with Crippen molar-refractivity contribution < 1.29 is 4.79 Å². The molecule has 0 unspecified atom stereocenters. The van der Waals surface area contributed by atoms with Crippen molar-refractivity contribution in [1.82, 2.24) is 5.43 Å². The molecule has 0 aliphatic heterocycles. The van der Waals surface area contributed by atoms with Crippen molar-refractivity contribution in [2.75, 3.05) is 0 Å². The molecule has 1 rings (SSSR count). The van der Waals surface area contributed by atoms with Crippen LogP contribution >= 0.6 is 11.3 Å². The summed E-state index contributed by atoms with van der Waals surface area (Å²) in [5, 5.41) is 6.16. The Morgan fingerprint density at radius 1 is 1.09 bits per heavy atom. The van der Waals surface area contributed by atoms with Crippen molar-refractivity contribution in [3.05, 3.63) is 22.4 Å². The monoisotopic (exact) mass is 322 g/mol. The van der Waals surface area contributed by atoms with Gasteiger partial charge in [0.25, 0.3) is 0 Å². The van der Waals surface area contributed by atoms with Crippen LogP contribution < -0.4 is 5.43 Å². The molecule has 3 nitrogen and oxygen atoms in total. The smallest absolute Gasteiger partial charge is 0.240 e. The van der Waals surface area contributed by atoms with E-state index in [-0.39, 0.29) is 5.91 Å². The highest BCUT2D eigenvalue weighted by Crippen LogP contribution is 2.11. The molecular weight excluding hydrogens is 292 g/mol. The van der Waals surface area contributed by atoms with Gasteiger partial charge in [0.15, 0.2) is 0 Å². The molecule has 0 aromatic carbocycles. The molecule has 4 heteroatoms. The summed E-state index contributed by atoms with van der Waals surface area (Å²) >= 11 is 1.63. The van der Waals surface area contributed by atoms with Gasteiger partial charge in [0, 0.05) is 11.3 Å². The van der Waals surface area contributed by atoms with Crippen LogP contribution in [0.2, 0.25) is 0 Å². The SMILES string of the molecule is CCCCCCCCCCCC(=O)N/N=C(\C)c1cccs1. The van der Waals surface area contributed by atoms with Crippen LogP contribution in [0.3, 0.4) is 0 Å². The van der Waals surface area contributed by atoms with E-state index in [2.05, 4.69) is 17.5 Å². The molecule has 0 saturated heterocycles. The topological polar surface area (TPSA) is 41.5 Å². The molecule has 1 aromatic heterocycles. The van der Waals surface area contributed by atoms with Gasteiger partial charge in [0.1, 0.15) is 0 Å². The summed E-state index contributed by atoms with van der Waals surface area (Å²) in [4.78, 5) is 12.8. The second-order valence-corrected chi connectivity index (χ2v) is 6.74. The fraction of sp³-hybridized carbons (Fsp3) is 0.667. The van der Waals surface area contributed by atoms with Crippen molar-refractivity contribution in [3.63, 3.8) is 0 Å². The molecule has 124 valence electrons. The largest absolute Gasteiger partial charge is 0.273 e. The molecule has 0 aliphatic carbocycles.